The molecule has 0 aromatic rings. The molecule has 0 aromatic carbocycles. The van der Waals surface area contributed by atoms with Gasteiger partial charge in [-0.25, -0.2) is 4.57 Å². The summed E-state index contributed by atoms with van der Waals surface area (Å²) in [5.41, 5.74) is 0. The van der Waals surface area contributed by atoms with E-state index >= 15 is 0 Å². The Morgan fingerprint density at radius 1 is 1.45 bits per heavy atom. The monoisotopic (exact) mass is 218 g/mol. The van der Waals surface area contributed by atoms with Gasteiger partial charge < -0.3 is 9.79 Å². The lowest BCUT2D eigenvalue weighted by molar-refractivity contribution is 0.208. The molecule has 0 aromatic heterocycles. The number of hydrogen-bond donors (Lipinski definition) is 2. The van der Waals surface area contributed by atoms with E-state index in [1.165, 1.54) is 0 Å². The normalized spacial score (nSPS) is 11.9. The van der Waals surface area contributed by atoms with E-state index in [2.05, 4.69) is 4.52 Å². The van der Waals surface area contributed by atoms with Crippen molar-refractivity contribution in [2.45, 2.75) is 6.92 Å². The van der Waals surface area contributed by atoms with Crippen LogP contribution >= 0.6 is 29.4 Å². The van der Waals surface area contributed by atoms with Crippen molar-refractivity contribution in [1.82, 2.24) is 0 Å². The average molecular weight is 218 g/mol. The second kappa shape index (κ2) is 6.34. The summed E-state index contributed by atoms with van der Waals surface area (Å²) < 4.78 is 14.3. The Morgan fingerprint density at radius 2 is 2.09 bits per heavy atom. The third kappa shape index (κ3) is 10.8. The van der Waals surface area contributed by atoms with Crippen LogP contribution in [0.25, 0.3) is 0 Å². The highest BCUT2D eigenvalue weighted by Gasteiger charge is 2.12. The highest BCUT2D eigenvalue weighted by atomic mass is 33.1. The summed E-state index contributed by atoms with van der Waals surface area (Å²) in [6.07, 6.45) is 0. The second-order valence-corrected chi connectivity index (χ2v) is 5.66. The summed E-state index contributed by atoms with van der Waals surface area (Å²) in [6, 6.07) is 0. The largest absolute Gasteiger partial charge is 0.469 e. The molecule has 0 aliphatic carbocycles. The van der Waals surface area contributed by atoms with Crippen LogP contribution in [0.4, 0.5) is 0 Å². The summed E-state index contributed by atoms with van der Waals surface area (Å²) >= 11 is 0. The van der Waals surface area contributed by atoms with Crippen molar-refractivity contribution in [2.75, 3.05) is 18.1 Å². The predicted molar refractivity (Wildman–Crippen MR) is 48.6 cm³/mol. The van der Waals surface area contributed by atoms with Gasteiger partial charge in [-0.15, -0.1) is 0 Å². The van der Waals surface area contributed by atoms with E-state index in [0.29, 0.717) is 5.75 Å². The van der Waals surface area contributed by atoms with Gasteiger partial charge in [0.2, 0.25) is 0 Å². The Hall–Kier alpha value is 0.810. The minimum absolute atomic E-state index is 0.0992. The summed E-state index contributed by atoms with van der Waals surface area (Å²) in [6.45, 7) is 2.11. The lowest BCUT2D eigenvalue weighted by Crippen LogP contribution is -1.93. The molecule has 4 nitrogen and oxygen atoms in total. The van der Waals surface area contributed by atoms with Crippen LogP contribution in [0.5, 0.6) is 0 Å². The Labute approximate surface area is 73.7 Å². The second-order valence-electron chi connectivity index (χ2n) is 1.55. The Balaban J connectivity index is 3.09. The van der Waals surface area contributed by atoms with Gasteiger partial charge in [-0.2, -0.15) is 0 Å². The van der Waals surface area contributed by atoms with Crippen molar-refractivity contribution in [2.24, 2.45) is 0 Å². The van der Waals surface area contributed by atoms with Crippen molar-refractivity contribution in [3.8, 4) is 0 Å². The molecule has 0 bridgehead atoms. The Kier molecular flexibility index (Phi) is 6.81. The van der Waals surface area contributed by atoms with Gasteiger partial charge in [0.1, 0.15) is 0 Å². The van der Waals surface area contributed by atoms with Gasteiger partial charge >= 0.3 is 7.82 Å². The molecule has 11 heavy (non-hydrogen) atoms. The van der Waals surface area contributed by atoms with E-state index in [4.69, 9.17) is 9.79 Å². The maximum absolute atomic E-state index is 10.1. The molecule has 0 aliphatic heterocycles. The third-order valence-corrected chi connectivity index (χ3v) is 3.59. The molecular weight excluding hydrogens is 207 g/mol. The zero-order valence-corrected chi connectivity index (χ0v) is 8.62. The first-order chi connectivity index (χ1) is 5.06. The molecule has 0 heterocycles. The molecule has 68 valence electrons. The summed E-state index contributed by atoms with van der Waals surface area (Å²) in [7, 11) is -1.05. The van der Waals surface area contributed by atoms with Crippen LogP contribution in [-0.2, 0) is 9.09 Å². The minimum Gasteiger partial charge on any atom is -0.303 e. The van der Waals surface area contributed by atoms with Crippen LogP contribution in [0.15, 0.2) is 0 Å². The van der Waals surface area contributed by atoms with Gasteiger partial charge in [-0.1, -0.05) is 28.5 Å². The number of rotatable bonds is 6. The van der Waals surface area contributed by atoms with Crippen molar-refractivity contribution in [3.05, 3.63) is 0 Å². The van der Waals surface area contributed by atoms with E-state index in [0.717, 1.165) is 5.75 Å². The van der Waals surface area contributed by atoms with Gasteiger partial charge in [0.15, 0.2) is 0 Å². The molecule has 0 radical (unpaired) electrons. The molecule has 0 rings (SSSR count). The van der Waals surface area contributed by atoms with Crippen LogP contribution in [0.1, 0.15) is 6.92 Å². The molecule has 0 fully saturated rings. The summed E-state index contributed by atoms with van der Waals surface area (Å²) in [4.78, 5) is 16.5. The van der Waals surface area contributed by atoms with Crippen molar-refractivity contribution in [3.63, 3.8) is 0 Å². The first-order valence-electron chi connectivity index (χ1n) is 3.00. The van der Waals surface area contributed by atoms with Gasteiger partial charge in [0.05, 0.1) is 6.61 Å². The quantitative estimate of drug-likeness (QED) is 0.400. The van der Waals surface area contributed by atoms with Gasteiger partial charge in [0, 0.05) is 11.5 Å². The predicted octanol–water partition coefficient (Wildman–Crippen LogP) is 1.50. The van der Waals surface area contributed by atoms with Crippen LogP contribution in [-0.4, -0.2) is 27.9 Å². The molecule has 0 unspecified atom stereocenters. The topological polar surface area (TPSA) is 66.8 Å². The maximum Gasteiger partial charge on any atom is 0.469 e. The highest BCUT2D eigenvalue weighted by Crippen LogP contribution is 2.36. The average Bonchev–Trinajstić information content (AvgIpc) is 1.85. The lowest BCUT2D eigenvalue weighted by atomic mass is 10.9. The van der Waals surface area contributed by atoms with Crippen LogP contribution < -0.4 is 0 Å². The SMILES string of the molecule is CCSSCCOP(=O)(O)O. The Morgan fingerprint density at radius 3 is 2.55 bits per heavy atom. The smallest absolute Gasteiger partial charge is 0.303 e. The first kappa shape index (κ1) is 11.8. The summed E-state index contributed by atoms with van der Waals surface area (Å²) in [5.74, 6) is 1.59. The van der Waals surface area contributed by atoms with E-state index in [-0.39, 0.29) is 6.61 Å². The number of phosphoric acid groups is 1. The first-order valence-corrected chi connectivity index (χ1v) is 7.02. The zero-order chi connectivity index (χ0) is 8.74. The van der Waals surface area contributed by atoms with Crippen molar-refractivity contribution in [1.29, 1.82) is 0 Å². The maximum atomic E-state index is 10.1. The molecule has 2 N–H and O–H groups in total. The fourth-order valence-corrected chi connectivity index (χ4v) is 2.28. The molecule has 7 heteroatoms. The van der Waals surface area contributed by atoms with Crippen LogP contribution in [0.2, 0.25) is 0 Å². The molecule has 0 amide bonds. The number of hydrogen-bond acceptors (Lipinski definition) is 4. The molecular formula is C4H11O4PS2. The lowest BCUT2D eigenvalue weighted by Gasteiger charge is -2.03. The van der Waals surface area contributed by atoms with Gasteiger partial charge in [0.25, 0.3) is 0 Å². The minimum atomic E-state index is -4.24. The van der Waals surface area contributed by atoms with E-state index in [1.54, 1.807) is 21.6 Å². The Bertz CT molecular complexity index is 136. The molecule has 0 saturated heterocycles. The zero-order valence-electron chi connectivity index (χ0n) is 6.10. The van der Waals surface area contributed by atoms with Crippen LogP contribution in [0, 0.1) is 0 Å². The molecule has 0 spiro atoms. The van der Waals surface area contributed by atoms with E-state index in [9.17, 15) is 4.57 Å². The standard InChI is InChI=1S/C4H11O4PS2/c1-2-10-11-4-3-8-9(5,6)7/h2-4H2,1H3,(H2,5,6,7). The fourth-order valence-electron chi connectivity index (χ4n) is 0.332. The highest BCUT2D eigenvalue weighted by molar-refractivity contribution is 8.76. The van der Waals surface area contributed by atoms with Crippen molar-refractivity contribution < 1.29 is 18.9 Å². The van der Waals surface area contributed by atoms with E-state index < -0.39 is 7.82 Å². The molecule has 0 aliphatic rings. The molecule has 0 atom stereocenters. The third-order valence-electron chi connectivity index (χ3n) is 0.627. The van der Waals surface area contributed by atoms with Crippen molar-refractivity contribution >= 4 is 29.4 Å². The van der Waals surface area contributed by atoms with Gasteiger partial charge in [-0.05, 0) is 0 Å². The number of phosphoric ester groups is 1. The summed E-state index contributed by atoms with van der Waals surface area (Å²) in [5, 5.41) is 0. The van der Waals surface area contributed by atoms with Crippen LogP contribution in [0.3, 0.4) is 0 Å². The van der Waals surface area contributed by atoms with E-state index in [1.807, 2.05) is 6.92 Å². The molecule has 0 saturated carbocycles. The van der Waals surface area contributed by atoms with Gasteiger partial charge in [-0.3, -0.25) is 4.52 Å². The fraction of sp³-hybridized carbons (Fsp3) is 1.00.